The third kappa shape index (κ3) is 6.70. The van der Waals surface area contributed by atoms with Gasteiger partial charge in [0.1, 0.15) is 9.96 Å². The maximum atomic E-state index is 12.8. The van der Waals surface area contributed by atoms with E-state index in [2.05, 4.69) is 20.0 Å². The van der Waals surface area contributed by atoms with E-state index < -0.39 is 22.0 Å². The second-order valence-corrected chi connectivity index (χ2v) is 11.4. The summed E-state index contributed by atoms with van der Waals surface area (Å²) in [5.41, 5.74) is 3.47. The lowest BCUT2D eigenvalue weighted by molar-refractivity contribution is -0.130. The first-order valence-electron chi connectivity index (χ1n) is 11.0. The van der Waals surface area contributed by atoms with Crippen molar-refractivity contribution < 1.29 is 23.2 Å². The lowest BCUT2D eigenvalue weighted by atomic mass is 10.0. The molecule has 37 heavy (non-hydrogen) atoms. The first kappa shape index (κ1) is 26.7. The average Bonchev–Trinajstić information content (AvgIpc) is 3.59. The molecule has 0 radical (unpaired) electrons. The fourth-order valence-corrected chi connectivity index (χ4v) is 6.16. The molecule has 0 saturated heterocycles. The molecule has 4 aromatic rings. The second kappa shape index (κ2) is 11.8. The number of halogens is 1. The van der Waals surface area contributed by atoms with Crippen LogP contribution in [0.3, 0.4) is 0 Å². The van der Waals surface area contributed by atoms with Crippen molar-refractivity contribution in [1.82, 2.24) is 30.2 Å². The van der Waals surface area contributed by atoms with E-state index in [1.54, 1.807) is 54.3 Å². The van der Waals surface area contributed by atoms with Gasteiger partial charge in [-0.25, -0.2) is 23.3 Å². The van der Waals surface area contributed by atoms with Crippen molar-refractivity contribution in [2.24, 2.45) is 0 Å². The van der Waals surface area contributed by atoms with E-state index in [-0.39, 0.29) is 17.2 Å². The van der Waals surface area contributed by atoms with Gasteiger partial charge < -0.3 is 4.74 Å². The van der Waals surface area contributed by atoms with Crippen LogP contribution in [-0.2, 0) is 27.8 Å². The number of ether oxygens (including phenoxy) is 1. The predicted molar refractivity (Wildman–Crippen MR) is 137 cm³/mol. The standard InChI is InChI=1S/C23H23ClN6O5S2/c1-35-20-6-5-15(11-18(20)24)10-17(12-22(31)28-32)30-14-16(27-29-30)13-26-37(33,34)23-8-7-21(36-23)19-4-2-3-9-25-19/h2-9,11,14,17,26,32H,10,12-13H2,1H3,(H,28,31)/t17-/m0/s1. The van der Waals surface area contributed by atoms with Crippen LogP contribution in [0.1, 0.15) is 23.7 Å². The van der Waals surface area contributed by atoms with Crippen molar-refractivity contribution in [2.75, 3.05) is 7.11 Å². The van der Waals surface area contributed by atoms with E-state index in [1.165, 1.54) is 17.9 Å². The van der Waals surface area contributed by atoms with E-state index in [0.717, 1.165) is 21.8 Å². The van der Waals surface area contributed by atoms with Gasteiger partial charge in [-0.15, -0.1) is 16.4 Å². The molecule has 3 N–H and O–H groups in total. The molecule has 0 aliphatic rings. The van der Waals surface area contributed by atoms with Gasteiger partial charge in [0.25, 0.3) is 0 Å². The number of methoxy groups -OCH3 is 1. The van der Waals surface area contributed by atoms with E-state index in [9.17, 15) is 13.2 Å². The van der Waals surface area contributed by atoms with E-state index in [1.807, 2.05) is 6.07 Å². The zero-order chi connectivity index (χ0) is 26.4. The second-order valence-electron chi connectivity index (χ2n) is 7.91. The number of rotatable bonds is 11. The summed E-state index contributed by atoms with van der Waals surface area (Å²) in [6.07, 6.45) is 3.44. The highest BCUT2D eigenvalue weighted by Gasteiger charge is 2.21. The molecule has 3 aromatic heterocycles. The first-order chi connectivity index (χ1) is 17.8. The SMILES string of the molecule is COc1ccc(C[C@@H](CC(=O)NO)n2cc(CNS(=O)(=O)c3ccc(-c4ccccn4)s3)nn2)cc1Cl. The summed E-state index contributed by atoms with van der Waals surface area (Å²) in [5.74, 6) is -0.0907. The number of nitrogens with one attached hydrogen (secondary N) is 2. The smallest absolute Gasteiger partial charge is 0.250 e. The van der Waals surface area contributed by atoms with Crippen molar-refractivity contribution in [3.63, 3.8) is 0 Å². The molecule has 0 saturated carbocycles. The largest absolute Gasteiger partial charge is 0.495 e. The van der Waals surface area contributed by atoms with Gasteiger partial charge in [0, 0.05) is 6.20 Å². The summed E-state index contributed by atoms with van der Waals surface area (Å²) in [4.78, 5) is 16.9. The van der Waals surface area contributed by atoms with Gasteiger partial charge in [0.2, 0.25) is 15.9 Å². The van der Waals surface area contributed by atoms with Crippen molar-refractivity contribution in [2.45, 2.75) is 29.6 Å². The topological polar surface area (TPSA) is 148 Å². The van der Waals surface area contributed by atoms with Gasteiger partial charge in [-0.05, 0) is 48.4 Å². The van der Waals surface area contributed by atoms with Crippen molar-refractivity contribution in [3.8, 4) is 16.3 Å². The fourth-order valence-electron chi connectivity index (χ4n) is 3.55. The van der Waals surface area contributed by atoms with Crippen LogP contribution in [0.15, 0.2) is 65.1 Å². The minimum atomic E-state index is -3.80. The number of carbonyl (C=O) groups excluding carboxylic acids is 1. The number of nitrogens with zero attached hydrogens (tertiary/aromatic N) is 4. The Morgan fingerprint density at radius 1 is 1.24 bits per heavy atom. The number of thiophene rings is 1. The van der Waals surface area contributed by atoms with Crippen molar-refractivity contribution in [3.05, 3.63) is 77.2 Å². The molecule has 1 aromatic carbocycles. The summed E-state index contributed by atoms with van der Waals surface area (Å²) < 4.78 is 34.9. The number of hydrogen-bond acceptors (Lipinski definition) is 9. The average molecular weight is 563 g/mol. The van der Waals surface area contributed by atoms with Gasteiger partial charge in [-0.1, -0.05) is 28.9 Å². The van der Waals surface area contributed by atoms with E-state index in [4.69, 9.17) is 21.5 Å². The van der Waals surface area contributed by atoms with Crippen LogP contribution in [0.5, 0.6) is 5.75 Å². The highest BCUT2D eigenvalue weighted by Crippen LogP contribution is 2.30. The number of benzene rings is 1. The number of pyridine rings is 1. The number of hydroxylamine groups is 1. The summed E-state index contributed by atoms with van der Waals surface area (Å²) in [6.45, 7) is -0.105. The molecule has 0 bridgehead atoms. The molecule has 194 valence electrons. The number of sulfonamides is 1. The van der Waals surface area contributed by atoms with Crippen LogP contribution in [0.25, 0.3) is 10.6 Å². The van der Waals surface area contributed by atoms with E-state index in [0.29, 0.717) is 28.6 Å². The minimum absolute atomic E-state index is 0.0971. The van der Waals surface area contributed by atoms with E-state index >= 15 is 0 Å². The molecular formula is C23H23ClN6O5S2. The van der Waals surface area contributed by atoms with Gasteiger partial charge >= 0.3 is 0 Å². The normalized spacial score (nSPS) is 12.3. The highest BCUT2D eigenvalue weighted by atomic mass is 35.5. The van der Waals surface area contributed by atoms with Gasteiger partial charge in [-0.2, -0.15) is 0 Å². The maximum absolute atomic E-state index is 12.8. The third-order valence-corrected chi connectivity index (χ3v) is 8.67. The zero-order valence-corrected chi connectivity index (χ0v) is 21.9. The Labute approximate surface area is 222 Å². The Morgan fingerprint density at radius 2 is 2.08 bits per heavy atom. The molecule has 0 unspecified atom stereocenters. The minimum Gasteiger partial charge on any atom is -0.495 e. The Morgan fingerprint density at radius 3 is 2.78 bits per heavy atom. The number of amides is 1. The summed E-state index contributed by atoms with van der Waals surface area (Å²) in [5, 5.41) is 17.5. The van der Waals surface area contributed by atoms with Crippen molar-refractivity contribution in [1.29, 1.82) is 0 Å². The Hall–Kier alpha value is -3.36. The third-order valence-electron chi connectivity index (χ3n) is 5.37. The van der Waals surface area contributed by atoms with Crippen molar-refractivity contribution >= 4 is 38.9 Å². The fraction of sp³-hybridized carbons (Fsp3) is 0.217. The number of hydrogen-bond donors (Lipinski definition) is 3. The van der Waals surface area contributed by atoms with Crippen LogP contribution in [-0.4, -0.2) is 46.6 Å². The molecule has 0 fully saturated rings. The monoisotopic (exact) mass is 562 g/mol. The Balaban J connectivity index is 1.46. The van der Waals surface area contributed by atoms with Crippen LogP contribution in [0.4, 0.5) is 0 Å². The number of aromatic nitrogens is 4. The summed E-state index contributed by atoms with van der Waals surface area (Å²) in [6, 6.07) is 13.4. The molecule has 4 rings (SSSR count). The molecule has 11 nitrogen and oxygen atoms in total. The first-order valence-corrected chi connectivity index (χ1v) is 13.6. The quantitative estimate of drug-likeness (QED) is 0.186. The highest BCUT2D eigenvalue weighted by molar-refractivity contribution is 7.91. The van der Waals surface area contributed by atoms with Crippen LogP contribution >= 0.6 is 22.9 Å². The molecule has 0 aliphatic heterocycles. The molecular weight excluding hydrogens is 540 g/mol. The van der Waals surface area contributed by atoms with Gasteiger partial charge in [0.15, 0.2) is 0 Å². The summed E-state index contributed by atoms with van der Waals surface area (Å²) >= 11 is 7.33. The van der Waals surface area contributed by atoms with Crippen LogP contribution < -0.4 is 14.9 Å². The predicted octanol–water partition coefficient (Wildman–Crippen LogP) is 3.22. The number of carbonyl (C=O) groups is 1. The molecule has 1 amide bonds. The van der Waals surface area contributed by atoms with Crippen LogP contribution in [0.2, 0.25) is 5.02 Å². The Kier molecular flexibility index (Phi) is 8.51. The molecule has 1 atom stereocenters. The zero-order valence-electron chi connectivity index (χ0n) is 19.5. The molecule has 3 heterocycles. The maximum Gasteiger partial charge on any atom is 0.250 e. The van der Waals surface area contributed by atoms with Gasteiger partial charge in [0.05, 0.1) is 53.6 Å². The molecule has 0 aliphatic carbocycles. The lowest BCUT2D eigenvalue weighted by Gasteiger charge is -2.16. The summed E-state index contributed by atoms with van der Waals surface area (Å²) in [7, 11) is -2.29. The Bertz CT molecular complexity index is 1480. The molecule has 0 spiro atoms. The lowest BCUT2D eigenvalue weighted by Crippen LogP contribution is -2.25. The van der Waals surface area contributed by atoms with Crippen LogP contribution in [0, 0.1) is 0 Å². The molecule has 14 heteroatoms. The van der Waals surface area contributed by atoms with Gasteiger partial charge in [-0.3, -0.25) is 15.0 Å².